The van der Waals surface area contributed by atoms with Crippen molar-refractivity contribution in [2.24, 2.45) is 0 Å². The number of aryl methyl sites for hydroxylation is 1. The van der Waals surface area contributed by atoms with Crippen LogP contribution >= 0.6 is 0 Å². The van der Waals surface area contributed by atoms with Crippen molar-refractivity contribution >= 4 is 0 Å². The summed E-state index contributed by atoms with van der Waals surface area (Å²) in [6.45, 7) is -1.27. The van der Waals surface area contributed by atoms with Crippen LogP contribution in [0.2, 0.25) is 0 Å². The summed E-state index contributed by atoms with van der Waals surface area (Å²) in [6, 6.07) is 2.94. The first-order valence-electron chi connectivity index (χ1n) is 16.9. The predicted molar refractivity (Wildman–Crippen MR) is 158 cm³/mol. The number of alkyl halides is 27. The lowest BCUT2D eigenvalue weighted by Crippen LogP contribution is -2.74. The van der Waals surface area contributed by atoms with Crippen molar-refractivity contribution in [3.63, 3.8) is 0 Å². The van der Waals surface area contributed by atoms with Crippen molar-refractivity contribution in [1.82, 2.24) is 9.97 Å². The minimum Gasteiger partial charge on any atom is -0.487 e. The van der Waals surface area contributed by atoms with Gasteiger partial charge in [0.1, 0.15) is 5.75 Å². The van der Waals surface area contributed by atoms with Gasteiger partial charge in [0.25, 0.3) is 0 Å². The molecule has 5 nitrogen and oxygen atoms in total. The van der Waals surface area contributed by atoms with Crippen LogP contribution in [0, 0.1) is 0 Å². The zero-order chi connectivity index (χ0) is 50.2. The molecule has 0 saturated carbocycles. The van der Waals surface area contributed by atoms with Crippen LogP contribution in [0.4, 0.5) is 119 Å². The Balaban J connectivity index is 2.31. The van der Waals surface area contributed by atoms with Crippen LogP contribution in [0.1, 0.15) is 51.0 Å². The largest absolute Gasteiger partial charge is 0.487 e. The van der Waals surface area contributed by atoms with Crippen LogP contribution in [-0.2, 0) is 15.9 Å². The van der Waals surface area contributed by atoms with E-state index < -0.39 is 90.3 Å². The Kier molecular flexibility index (Phi) is 15.9. The molecule has 32 heteroatoms. The maximum atomic E-state index is 14.4. The monoisotopic (exact) mass is 998 g/mol. The molecule has 0 amide bonds. The molecule has 0 bridgehead atoms. The Morgan fingerprint density at radius 2 is 0.797 bits per heavy atom. The second-order valence-corrected chi connectivity index (χ2v) is 13.2. The van der Waals surface area contributed by atoms with Gasteiger partial charge in [0.2, 0.25) is 0 Å². The molecular weight excluding hydrogens is 973 g/mol. The zero-order valence-electron chi connectivity index (χ0n) is 30.9. The summed E-state index contributed by atoms with van der Waals surface area (Å²) >= 11 is 0. The number of halogens is 27. The summed E-state index contributed by atoms with van der Waals surface area (Å²) in [5.74, 6) is -69.5. The summed E-state index contributed by atoms with van der Waals surface area (Å²) < 4.78 is 374. The van der Waals surface area contributed by atoms with E-state index in [1.807, 2.05) is 6.92 Å². The Morgan fingerprint density at radius 3 is 1.22 bits per heavy atom. The smallest absolute Gasteiger partial charge is 0.460 e. The Bertz CT molecular complexity index is 1830. The van der Waals surface area contributed by atoms with Crippen molar-refractivity contribution in [2.45, 2.75) is 130 Å². The zero-order valence-corrected chi connectivity index (χ0v) is 30.9. The predicted octanol–water partition coefficient (Wildman–Crippen LogP) is 13.5. The van der Waals surface area contributed by atoms with Crippen LogP contribution in [0.25, 0.3) is 11.4 Å². The fraction of sp³-hybridized carbons (Fsp3) is 0.688. The lowest BCUT2D eigenvalue weighted by molar-refractivity contribution is -0.559. The minimum absolute atomic E-state index is 0.0183. The average Bonchev–Trinajstić information content (AvgIpc) is 3.14. The number of nitrogens with zero attached hydrogens (tertiary/aromatic N) is 2. The second-order valence-electron chi connectivity index (χ2n) is 13.2. The van der Waals surface area contributed by atoms with Crippen molar-refractivity contribution in [3.05, 3.63) is 42.2 Å². The van der Waals surface area contributed by atoms with Gasteiger partial charge in [-0.2, -0.15) is 119 Å². The highest BCUT2D eigenvalue weighted by Crippen LogP contribution is 2.63. The number of benzene rings is 1. The van der Waals surface area contributed by atoms with Gasteiger partial charge >= 0.3 is 78.0 Å². The highest BCUT2D eigenvalue weighted by atomic mass is 19.4. The van der Waals surface area contributed by atoms with Gasteiger partial charge in [-0.1, -0.05) is 39.0 Å². The third-order valence-corrected chi connectivity index (χ3v) is 8.43. The van der Waals surface area contributed by atoms with Crippen LogP contribution in [0.3, 0.4) is 0 Å². The van der Waals surface area contributed by atoms with E-state index in [9.17, 15) is 119 Å². The molecule has 0 aliphatic rings. The number of hydrogen-bond donors (Lipinski definition) is 0. The molecule has 1 aromatic heterocycles. The van der Waals surface area contributed by atoms with E-state index in [1.165, 1.54) is 12.4 Å². The van der Waals surface area contributed by atoms with Gasteiger partial charge in [-0.05, 0) is 42.7 Å². The van der Waals surface area contributed by atoms with Crippen molar-refractivity contribution in [3.8, 4) is 17.1 Å². The molecule has 0 atom stereocenters. The highest BCUT2D eigenvalue weighted by molar-refractivity contribution is 5.55. The van der Waals surface area contributed by atoms with E-state index in [1.54, 1.807) is 0 Å². The van der Waals surface area contributed by atoms with E-state index in [0.717, 1.165) is 60.1 Å². The molecule has 0 aliphatic carbocycles. The summed E-state index contributed by atoms with van der Waals surface area (Å²) in [4.78, 5) is 8.02. The minimum atomic E-state index is -9.25. The maximum absolute atomic E-state index is 14.4. The fourth-order valence-electron chi connectivity index (χ4n) is 4.64. The number of aromatic nitrogens is 2. The first kappa shape index (κ1) is 56.3. The normalized spacial score (nSPS) is 15.2. The van der Waals surface area contributed by atoms with E-state index in [2.05, 4.69) is 14.7 Å². The molecular formula is C32H25F27N2O3. The first-order valence-corrected chi connectivity index (χ1v) is 16.9. The maximum Gasteiger partial charge on any atom is 0.460 e. The van der Waals surface area contributed by atoms with Crippen molar-refractivity contribution in [2.75, 3.05) is 6.61 Å². The number of unbranched alkanes of at least 4 members (excludes halogenated alkanes) is 5. The molecule has 2 aromatic rings. The van der Waals surface area contributed by atoms with E-state index in [0.29, 0.717) is 24.1 Å². The molecule has 0 unspecified atom stereocenters. The molecule has 0 spiro atoms. The van der Waals surface area contributed by atoms with Gasteiger partial charge < -0.3 is 4.74 Å². The lowest BCUT2D eigenvalue weighted by atomic mass is 9.91. The van der Waals surface area contributed by atoms with Gasteiger partial charge in [-0.3, -0.25) is 0 Å². The fourth-order valence-corrected chi connectivity index (χ4v) is 4.64. The molecule has 1 heterocycles. The molecule has 0 N–H and O–H groups in total. The third kappa shape index (κ3) is 10.2. The highest BCUT2D eigenvalue weighted by Gasteiger charge is 2.94. The Morgan fingerprint density at radius 1 is 0.422 bits per heavy atom. The lowest BCUT2D eigenvalue weighted by Gasteiger charge is -2.43. The molecule has 0 fully saturated rings. The summed E-state index contributed by atoms with van der Waals surface area (Å²) in [5, 5.41) is 0. The van der Waals surface area contributed by atoms with E-state index in [4.69, 9.17) is 0 Å². The van der Waals surface area contributed by atoms with Crippen molar-refractivity contribution < 1.29 is 133 Å². The molecule has 1 aromatic carbocycles. The standard InChI is InChI=1S/C32H25F27N2O3/c1-2-3-4-5-6-7-8-16-13-60-19(61-14-16)17-9-11-18(12-10-17)62-15-20(33,34)21(35,36)22(37,38)23(39,40)24(41,42)26(45,46)29(52,53)63-31(56,57)32(58,59)64-30(54,55)27(47,48)25(43,44)28(49,50)51/h9-14H,2-8,15H2,1H3. The summed E-state index contributed by atoms with van der Waals surface area (Å²) in [5.41, 5.74) is 0.693. The van der Waals surface area contributed by atoms with E-state index >= 15 is 0 Å². The van der Waals surface area contributed by atoms with Crippen LogP contribution in [0.15, 0.2) is 36.7 Å². The Labute approximate surface area is 339 Å². The number of rotatable bonds is 24. The summed E-state index contributed by atoms with van der Waals surface area (Å²) in [7, 11) is 0. The SMILES string of the molecule is CCCCCCCCc1cnc(-c2ccc(OCC(F)(F)C(F)(F)C(F)(F)C(F)(F)C(F)(F)C(F)(F)C(F)(F)OC(F)(F)C(F)(F)OC(F)(F)C(F)(F)C(F)(F)C(F)(F)F)cc2)nc1. The molecule has 64 heavy (non-hydrogen) atoms. The van der Waals surface area contributed by atoms with Gasteiger partial charge in [0.05, 0.1) is 0 Å². The third-order valence-electron chi connectivity index (χ3n) is 8.43. The first-order chi connectivity index (χ1) is 28.4. The molecule has 0 radical (unpaired) electrons. The Hall–Kier alpha value is -3.87. The number of hydrogen-bond acceptors (Lipinski definition) is 5. The molecule has 2 rings (SSSR count). The molecule has 0 aliphatic heterocycles. The van der Waals surface area contributed by atoms with Gasteiger partial charge in [-0.15, -0.1) is 0 Å². The van der Waals surface area contributed by atoms with Gasteiger partial charge in [0.15, 0.2) is 12.4 Å². The van der Waals surface area contributed by atoms with Crippen molar-refractivity contribution in [1.29, 1.82) is 0 Å². The molecule has 370 valence electrons. The average molecular weight is 999 g/mol. The van der Waals surface area contributed by atoms with E-state index in [-0.39, 0.29) is 11.4 Å². The van der Waals surface area contributed by atoms with Crippen LogP contribution < -0.4 is 4.74 Å². The second kappa shape index (κ2) is 18.1. The quantitative estimate of drug-likeness (QED) is 0.0775. The van der Waals surface area contributed by atoms with Gasteiger partial charge in [-0.25, -0.2) is 19.4 Å². The van der Waals surface area contributed by atoms with Crippen LogP contribution in [0.5, 0.6) is 5.75 Å². The number of ether oxygens (including phenoxy) is 3. The molecule has 0 saturated heterocycles. The van der Waals surface area contributed by atoms with Gasteiger partial charge in [0, 0.05) is 18.0 Å². The van der Waals surface area contributed by atoms with Crippen LogP contribution in [-0.4, -0.2) is 94.6 Å². The topological polar surface area (TPSA) is 53.5 Å². The summed E-state index contributed by atoms with van der Waals surface area (Å²) in [6.07, 6.45) is -33.2.